The van der Waals surface area contributed by atoms with Crippen LogP contribution in [0.2, 0.25) is 0 Å². The number of hydrogen-bond donors (Lipinski definition) is 0. The highest BCUT2D eigenvalue weighted by molar-refractivity contribution is 5.72. The molecule has 5 heteroatoms. The molecule has 2 aliphatic heterocycles. The lowest BCUT2D eigenvalue weighted by molar-refractivity contribution is -0.385. The molecule has 0 radical (unpaired) electrons. The molecule has 4 nitrogen and oxygen atoms in total. The van der Waals surface area contributed by atoms with Gasteiger partial charge < -0.3 is 4.90 Å². The first-order valence-electron chi connectivity index (χ1n) is 10.3. The number of hydrogen-bond acceptors (Lipinski definition) is 3. The Hall–Kier alpha value is -2.95. The standard InChI is InChI=1S/C24H21FN2O2/c25-16-9-7-14(8-10-16)23-20-6-2-5-19(20)22-12-17(27(28)29)11-21-18-4-1-3-15(18)13-26(23)24(21)22/h1-2,4-5,7-12,15,18-20,23H,3,6,13H2/t15-,18+,19+,20-,23-/m1/s1. The molecule has 0 saturated carbocycles. The first kappa shape index (κ1) is 17.0. The molecule has 146 valence electrons. The van der Waals surface area contributed by atoms with Gasteiger partial charge in [0, 0.05) is 36.2 Å². The SMILES string of the molecule is O=[N+]([O-])c1cc2c3c(c1)[C@H]1C=CC[C@H]1[C@@H](c1ccc(F)cc1)N3C[C@H]1CC=C[C@H]21. The van der Waals surface area contributed by atoms with Gasteiger partial charge in [-0.05, 0) is 53.5 Å². The summed E-state index contributed by atoms with van der Waals surface area (Å²) in [5, 5.41) is 11.7. The van der Waals surface area contributed by atoms with E-state index in [1.54, 1.807) is 24.3 Å². The molecule has 2 aromatic carbocycles. The summed E-state index contributed by atoms with van der Waals surface area (Å²) >= 11 is 0. The van der Waals surface area contributed by atoms with E-state index in [4.69, 9.17) is 0 Å². The molecule has 0 fully saturated rings. The molecule has 0 amide bonds. The van der Waals surface area contributed by atoms with Crippen molar-refractivity contribution in [3.8, 4) is 0 Å². The van der Waals surface area contributed by atoms with Gasteiger partial charge in [-0.2, -0.15) is 0 Å². The molecule has 0 aromatic heterocycles. The van der Waals surface area contributed by atoms with Crippen LogP contribution in [-0.2, 0) is 0 Å². The van der Waals surface area contributed by atoms with Gasteiger partial charge in [0.15, 0.2) is 0 Å². The molecule has 0 N–H and O–H groups in total. The third kappa shape index (κ3) is 2.36. The van der Waals surface area contributed by atoms with Crippen molar-refractivity contribution in [2.75, 3.05) is 11.4 Å². The summed E-state index contributed by atoms with van der Waals surface area (Å²) in [6.07, 6.45) is 10.8. The average Bonchev–Trinajstić information content (AvgIpc) is 3.38. The summed E-state index contributed by atoms with van der Waals surface area (Å²) in [6, 6.07) is 10.6. The van der Waals surface area contributed by atoms with Gasteiger partial charge in [0.2, 0.25) is 0 Å². The minimum atomic E-state index is -0.261. The lowest BCUT2D eigenvalue weighted by Gasteiger charge is -2.51. The highest BCUT2D eigenvalue weighted by Gasteiger charge is 2.48. The molecule has 0 saturated heterocycles. The highest BCUT2D eigenvalue weighted by atomic mass is 19.1. The Bertz CT molecular complexity index is 1060. The van der Waals surface area contributed by atoms with Crippen LogP contribution in [-0.4, -0.2) is 11.5 Å². The maximum absolute atomic E-state index is 13.6. The van der Waals surface area contributed by atoms with Gasteiger partial charge in [-0.25, -0.2) is 4.39 Å². The van der Waals surface area contributed by atoms with Crippen LogP contribution in [0.3, 0.4) is 0 Å². The Morgan fingerprint density at radius 3 is 2.45 bits per heavy atom. The molecular weight excluding hydrogens is 367 g/mol. The number of non-ortho nitro benzene ring substituents is 1. The topological polar surface area (TPSA) is 46.4 Å². The highest BCUT2D eigenvalue weighted by Crippen LogP contribution is 2.59. The third-order valence-corrected chi connectivity index (χ3v) is 7.26. The Morgan fingerprint density at radius 2 is 1.69 bits per heavy atom. The third-order valence-electron chi connectivity index (χ3n) is 7.26. The maximum Gasteiger partial charge on any atom is 0.270 e. The zero-order valence-corrected chi connectivity index (χ0v) is 15.9. The number of halogens is 1. The first-order chi connectivity index (χ1) is 14.1. The summed E-state index contributed by atoms with van der Waals surface area (Å²) in [5.74, 6) is 0.939. The second-order valence-corrected chi connectivity index (χ2v) is 8.68. The van der Waals surface area contributed by atoms with E-state index in [-0.39, 0.29) is 34.3 Å². The number of anilines is 1. The van der Waals surface area contributed by atoms with Crippen LogP contribution < -0.4 is 4.90 Å². The van der Waals surface area contributed by atoms with Gasteiger partial charge in [-0.3, -0.25) is 10.1 Å². The van der Waals surface area contributed by atoms with Crippen LogP contribution >= 0.6 is 0 Å². The van der Waals surface area contributed by atoms with Crippen LogP contribution in [0.15, 0.2) is 60.7 Å². The van der Waals surface area contributed by atoms with Crippen molar-refractivity contribution in [2.24, 2.45) is 11.8 Å². The number of nitro groups is 1. The monoisotopic (exact) mass is 388 g/mol. The van der Waals surface area contributed by atoms with Crippen LogP contribution in [0.25, 0.3) is 0 Å². The molecule has 5 atom stereocenters. The second-order valence-electron chi connectivity index (χ2n) is 8.68. The average molecular weight is 388 g/mol. The molecule has 0 spiro atoms. The van der Waals surface area contributed by atoms with Gasteiger partial charge in [0.05, 0.1) is 11.0 Å². The van der Waals surface area contributed by atoms with Gasteiger partial charge in [-0.1, -0.05) is 36.4 Å². The number of allylic oxidation sites excluding steroid dienone is 4. The first-order valence-corrected chi connectivity index (χ1v) is 10.3. The van der Waals surface area contributed by atoms with Crippen molar-refractivity contribution in [1.29, 1.82) is 0 Å². The van der Waals surface area contributed by atoms with Crippen molar-refractivity contribution in [2.45, 2.75) is 30.7 Å². The Balaban J connectivity index is 1.59. The lowest BCUT2D eigenvalue weighted by Crippen LogP contribution is -2.46. The summed E-state index contributed by atoms with van der Waals surface area (Å²) in [6.45, 7) is 0.931. The van der Waals surface area contributed by atoms with Gasteiger partial charge >= 0.3 is 0 Å². The zero-order chi connectivity index (χ0) is 19.7. The van der Waals surface area contributed by atoms with E-state index in [1.807, 2.05) is 12.1 Å². The fraction of sp³-hybridized carbons (Fsp3) is 0.333. The zero-order valence-electron chi connectivity index (χ0n) is 15.9. The number of benzene rings is 2. The normalized spacial score (nSPS) is 30.8. The smallest absolute Gasteiger partial charge is 0.270 e. The van der Waals surface area contributed by atoms with Crippen molar-refractivity contribution in [1.82, 2.24) is 0 Å². The molecule has 2 heterocycles. The molecule has 2 aromatic rings. The Labute approximate surface area is 168 Å². The predicted octanol–water partition coefficient (Wildman–Crippen LogP) is 5.63. The molecule has 0 bridgehead atoms. The molecule has 6 rings (SSSR count). The van der Waals surface area contributed by atoms with E-state index >= 15 is 0 Å². The molecule has 29 heavy (non-hydrogen) atoms. The van der Waals surface area contributed by atoms with Gasteiger partial charge in [0.1, 0.15) is 5.82 Å². The summed E-state index contributed by atoms with van der Waals surface area (Å²) < 4.78 is 13.6. The van der Waals surface area contributed by atoms with E-state index in [9.17, 15) is 14.5 Å². The van der Waals surface area contributed by atoms with Crippen molar-refractivity contribution < 1.29 is 9.31 Å². The van der Waals surface area contributed by atoms with Gasteiger partial charge in [-0.15, -0.1) is 0 Å². The van der Waals surface area contributed by atoms with E-state index in [1.165, 1.54) is 5.69 Å². The summed E-state index contributed by atoms with van der Waals surface area (Å²) in [5.41, 5.74) is 4.67. The largest absolute Gasteiger partial charge is 0.363 e. The maximum atomic E-state index is 13.6. The number of fused-ring (bicyclic) bond motifs is 4. The van der Waals surface area contributed by atoms with Gasteiger partial charge in [0.25, 0.3) is 5.69 Å². The van der Waals surface area contributed by atoms with E-state index in [0.29, 0.717) is 11.8 Å². The van der Waals surface area contributed by atoms with E-state index < -0.39 is 0 Å². The fourth-order valence-corrected chi connectivity index (χ4v) is 6.10. The van der Waals surface area contributed by atoms with Crippen molar-refractivity contribution in [3.63, 3.8) is 0 Å². The summed E-state index contributed by atoms with van der Waals surface area (Å²) in [7, 11) is 0. The van der Waals surface area contributed by atoms with E-state index in [0.717, 1.165) is 36.1 Å². The number of nitrogens with zero attached hydrogens (tertiary/aromatic N) is 2. The second kappa shape index (κ2) is 6.02. The van der Waals surface area contributed by atoms with Crippen LogP contribution in [0.5, 0.6) is 0 Å². The van der Waals surface area contributed by atoms with E-state index in [2.05, 4.69) is 29.2 Å². The van der Waals surface area contributed by atoms with Crippen LogP contribution in [0, 0.1) is 27.8 Å². The van der Waals surface area contributed by atoms with Crippen molar-refractivity contribution in [3.05, 3.63) is 93.3 Å². The fourth-order valence-electron chi connectivity index (χ4n) is 6.10. The minimum Gasteiger partial charge on any atom is -0.363 e. The molecular formula is C24H21FN2O2. The van der Waals surface area contributed by atoms with Crippen LogP contribution in [0.4, 0.5) is 15.8 Å². The lowest BCUT2D eigenvalue weighted by atomic mass is 9.70. The van der Waals surface area contributed by atoms with Crippen LogP contribution in [0.1, 0.15) is 47.4 Å². The summed E-state index contributed by atoms with van der Waals surface area (Å²) in [4.78, 5) is 13.9. The number of nitro benzene ring substituents is 1. The quantitative estimate of drug-likeness (QED) is 0.381. The molecule has 2 aliphatic carbocycles. The number of rotatable bonds is 2. The molecule has 4 aliphatic rings. The molecule has 0 unspecified atom stereocenters. The minimum absolute atomic E-state index is 0.157. The Kier molecular flexibility index (Phi) is 3.52. The predicted molar refractivity (Wildman–Crippen MR) is 110 cm³/mol. The Morgan fingerprint density at radius 1 is 1.00 bits per heavy atom. The van der Waals surface area contributed by atoms with Crippen molar-refractivity contribution >= 4 is 11.4 Å².